The number of likely N-dealkylation sites (N-methyl/N-ethyl adjacent to an activating group) is 1. The molecule has 0 aliphatic heterocycles. The van der Waals surface area contributed by atoms with Crippen LogP contribution in [-0.2, 0) is 4.74 Å². The summed E-state index contributed by atoms with van der Waals surface area (Å²) < 4.78 is 10.9. The molecular weight excluding hydrogens is 264 g/mol. The molecular formula is C17H30N2O2. The standard InChI is InChI=1S/C17H30N2O2/c1-6-15(18)17(19(7-2)13(3)12-20-4)14-10-8-9-11-16(14)21-5/h8-11,13,15,17H,6-7,12,18H2,1-5H3. The van der Waals surface area contributed by atoms with Gasteiger partial charge in [-0.15, -0.1) is 0 Å². The summed E-state index contributed by atoms with van der Waals surface area (Å²) in [5.74, 6) is 0.898. The van der Waals surface area contributed by atoms with Crippen LogP contribution in [0.4, 0.5) is 0 Å². The summed E-state index contributed by atoms with van der Waals surface area (Å²) in [6.07, 6.45) is 0.916. The Morgan fingerprint density at radius 1 is 1.19 bits per heavy atom. The lowest BCUT2D eigenvalue weighted by molar-refractivity contribution is 0.0619. The van der Waals surface area contributed by atoms with Crippen molar-refractivity contribution in [2.75, 3.05) is 27.4 Å². The summed E-state index contributed by atoms with van der Waals surface area (Å²) in [5, 5.41) is 0. The molecule has 1 rings (SSSR count). The van der Waals surface area contributed by atoms with Crippen molar-refractivity contribution in [2.24, 2.45) is 5.73 Å². The van der Waals surface area contributed by atoms with Crippen LogP contribution in [0.1, 0.15) is 38.8 Å². The van der Waals surface area contributed by atoms with E-state index >= 15 is 0 Å². The van der Waals surface area contributed by atoms with Gasteiger partial charge < -0.3 is 15.2 Å². The van der Waals surface area contributed by atoms with Crippen LogP contribution in [0.15, 0.2) is 24.3 Å². The first-order valence-corrected chi connectivity index (χ1v) is 7.73. The molecule has 0 bridgehead atoms. The minimum atomic E-state index is 0.0561. The largest absolute Gasteiger partial charge is 0.496 e. The van der Waals surface area contributed by atoms with Crippen molar-refractivity contribution in [2.45, 2.75) is 45.3 Å². The number of benzene rings is 1. The van der Waals surface area contributed by atoms with Gasteiger partial charge in [0.25, 0.3) is 0 Å². The Kier molecular flexibility index (Phi) is 7.72. The van der Waals surface area contributed by atoms with Crippen LogP contribution in [0.2, 0.25) is 0 Å². The fourth-order valence-corrected chi connectivity index (χ4v) is 2.91. The highest BCUT2D eigenvalue weighted by molar-refractivity contribution is 5.37. The monoisotopic (exact) mass is 294 g/mol. The van der Waals surface area contributed by atoms with E-state index in [1.54, 1.807) is 14.2 Å². The predicted octanol–water partition coefficient (Wildman–Crippen LogP) is 2.83. The highest BCUT2D eigenvalue weighted by Gasteiger charge is 2.30. The van der Waals surface area contributed by atoms with Crippen LogP contribution in [0, 0.1) is 0 Å². The topological polar surface area (TPSA) is 47.7 Å². The third kappa shape index (κ3) is 4.43. The fraction of sp³-hybridized carbons (Fsp3) is 0.647. The molecule has 4 heteroatoms. The zero-order valence-electron chi connectivity index (χ0n) is 14.0. The van der Waals surface area contributed by atoms with Gasteiger partial charge >= 0.3 is 0 Å². The van der Waals surface area contributed by atoms with Crippen molar-refractivity contribution in [1.29, 1.82) is 0 Å². The van der Waals surface area contributed by atoms with Gasteiger partial charge in [-0.3, -0.25) is 4.90 Å². The third-order valence-corrected chi connectivity index (χ3v) is 4.03. The Morgan fingerprint density at radius 2 is 1.86 bits per heavy atom. The van der Waals surface area contributed by atoms with Crippen LogP contribution in [0.25, 0.3) is 0 Å². The minimum Gasteiger partial charge on any atom is -0.496 e. The molecule has 1 aromatic carbocycles. The molecule has 2 N–H and O–H groups in total. The van der Waals surface area contributed by atoms with Gasteiger partial charge in [-0.05, 0) is 26.0 Å². The molecule has 1 aromatic rings. The Labute approximate surface area is 129 Å². The van der Waals surface area contributed by atoms with Gasteiger partial charge in [-0.2, -0.15) is 0 Å². The molecule has 0 saturated carbocycles. The predicted molar refractivity (Wildman–Crippen MR) is 87.7 cm³/mol. The summed E-state index contributed by atoms with van der Waals surface area (Å²) >= 11 is 0. The molecule has 0 aliphatic carbocycles. The van der Waals surface area contributed by atoms with E-state index in [9.17, 15) is 0 Å². The third-order valence-electron chi connectivity index (χ3n) is 4.03. The van der Waals surface area contributed by atoms with Gasteiger partial charge in [-0.25, -0.2) is 0 Å². The number of hydrogen-bond donors (Lipinski definition) is 1. The van der Waals surface area contributed by atoms with Crippen molar-refractivity contribution >= 4 is 0 Å². The molecule has 0 amide bonds. The Bertz CT molecular complexity index is 412. The zero-order valence-corrected chi connectivity index (χ0v) is 14.0. The molecule has 3 atom stereocenters. The van der Waals surface area contributed by atoms with Crippen LogP contribution in [0.5, 0.6) is 5.75 Å². The average molecular weight is 294 g/mol. The number of nitrogens with zero attached hydrogens (tertiary/aromatic N) is 1. The highest BCUT2D eigenvalue weighted by atomic mass is 16.5. The number of para-hydroxylation sites is 1. The molecule has 21 heavy (non-hydrogen) atoms. The molecule has 0 saturated heterocycles. The first kappa shape index (κ1) is 18.0. The molecule has 0 fully saturated rings. The van der Waals surface area contributed by atoms with E-state index in [-0.39, 0.29) is 12.1 Å². The lowest BCUT2D eigenvalue weighted by atomic mass is 9.94. The van der Waals surface area contributed by atoms with Gasteiger partial charge in [0.2, 0.25) is 0 Å². The van der Waals surface area contributed by atoms with Crippen molar-refractivity contribution in [3.8, 4) is 5.75 Å². The van der Waals surface area contributed by atoms with Crippen molar-refractivity contribution in [3.63, 3.8) is 0 Å². The Morgan fingerprint density at radius 3 is 2.38 bits per heavy atom. The summed E-state index contributed by atoms with van der Waals surface area (Å²) in [6, 6.07) is 8.63. The van der Waals surface area contributed by atoms with Crippen molar-refractivity contribution in [3.05, 3.63) is 29.8 Å². The number of methoxy groups -OCH3 is 2. The van der Waals surface area contributed by atoms with Gasteiger partial charge in [0.05, 0.1) is 19.8 Å². The first-order valence-electron chi connectivity index (χ1n) is 7.73. The van der Waals surface area contributed by atoms with E-state index in [1.165, 1.54) is 0 Å². The maximum Gasteiger partial charge on any atom is 0.123 e. The second-order valence-electron chi connectivity index (χ2n) is 5.39. The second-order valence-corrected chi connectivity index (χ2v) is 5.39. The van der Waals surface area contributed by atoms with E-state index in [0.717, 1.165) is 24.3 Å². The van der Waals surface area contributed by atoms with Gasteiger partial charge in [-0.1, -0.05) is 32.0 Å². The SMILES string of the molecule is CCC(N)C(c1ccccc1OC)N(CC)C(C)COC. The zero-order chi connectivity index (χ0) is 15.8. The first-order chi connectivity index (χ1) is 10.1. The van der Waals surface area contributed by atoms with E-state index in [4.69, 9.17) is 15.2 Å². The normalized spacial score (nSPS) is 15.8. The highest BCUT2D eigenvalue weighted by Crippen LogP contribution is 2.33. The molecule has 0 radical (unpaired) electrons. The maximum atomic E-state index is 6.45. The second kappa shape index (κ2) is 9.03. The van der Waals surface area contributed by atoms with Crippen LogP contribution < -0.4 is 10.5 Å². The summed E-state index contributed by atoms with van der Waals surface area (Å²) in [4.78, 5) is 2.40. The molecule has 3 unspecified atom stereocenters. The Balaban J connectivity index is 3.20. The van der Waals surface area contributed by atoms with Crippen molar-refractivity contribution < 1.29 is 9.47 Å². The number of ether oxygens (including phenoxy) is 2. The van der Waals surface area contributed by atoms with Crippen LogP contribution in [0.3, 0.4) is 0 Å². The van der Waals surface area contributed by atoms with E-state index in [1.807, 2.05) is 18.2 Å². The van der Waals surface area contributed by atoms with Crippen molar-refractivity contribution in [1.82, 2.24) is 4.90 Å². The summed E-state index contributed by atoms with van der Waals surface area (Å²) in [5.41, 5.74) is 7.60. The summed E-state index contributed by atoms with van der Waals surface area (Å²) in [6.45, 7) is 8.08. The Hall–Kier alpha value is -1.10. The fourth-order valence-electron chi connectivity index (χ4n) is 2.91. The average Bonchev–Trinajstić information content (AvgIpc) is 2.51. The summed E-state index contributed by atoms with van der Waals surface area (Å²) in [7, 11) is 3.45. The molecule has 120 valence electrons. The smallest absolute Gasteiger partial charge is 0.123 e. The van der Waals surface area contributed by atoms with Crippen LogP contribution >= 0.6 is 0 Å². The molecule has 0 spiro atoms. The van der Waals surface area contributed by atoms with Gasteiger partial charge in [0, 0.05) is 24.8 Å². The molecule has 0 aromatic heterocycles. The van der Waals surface area contributed by atoms with Gasteiger partial charge in [0.15, 0.2) is 0 Å². The number of nitrogens with two attached hydrogens (primary N) is 1. The lowest BCUT2D eigenvalue weighted by Gasteiger charge is -2.39. The van der Waals surface area contributed by atoms with E-state index < -0.39 is 0 Å². The number of rotatable bonds is 9. The molecule has 0 aliphatic rings. The van der Waals surface area contributed by atoms with Gasteiger partial charge in [0.1, 0.15) is 5.75 Å². The lowest BCUT2D eigenvalue weighted by Crippen LogP contribution is -2.46. The minimum absolute atomic E-state index is 0.0561. The van der Waals surface area contributed by atoms with E-state index in [0.29, 0.717) is 12.6 Å². The van der Waals surface area contributed by atoms with Crippen LogP contribution in [-0.4, -0.2) is 44.4 Å². The van der Waals surface area contributed by atoms with E-state index in [2.05, 4.69) is 31.7 Å². The maximum absolute atomic E-state index is 6.45. The molecule has 0 heterocycles. The quantitative estimate of drug-likeness (QED) is 0.761. The molecule has 4 nitrogen and oxygen atoms in total. The number of hydrogen-bond acceptors (Lipinski definition) is 4.